The van der Waals surface area contributed by atoms with E-state index in [0.717, 1.165) is 23.3 Å². The Morgan fingerprint density at radius 1 is 1.03 bits per heavy atom. The van der Waals surface area contributed by atoms with Gasteiger partial charge in [-0.3, -0.25) is 19.7 Å². The number of alkyl halides is 3. The number of rotatable bonds is 5. The quantitative estimate of drug-likeness (QED) is 0.731. The number of imide groups is 1. The summed E-state index contributed by atoms with van der Waals surface area (Å²) in [6.07, 6.45) is -3.14. The monoisotopic (exact) mass is 416 g/mol. The number of amides is 3. The van der Waals surface area contributed by atoms with Gasteiger partial charge in [0, 0.05) is 18.0 Å². The van der Waals surface area contributed by atoms with Gasteiger partial charge in [-0.05, 0) is 54.2 Å². The average molecular weight is 416 g/mol. The lowest BCUT2D eigenvalue weighted by atomic mass is 9.98. The average Bonchev–Trinajstić information content (AvgIpc) is 3.43. The van der Waals surface area contributed by atoms with Crippen LogP contribution in [-0.4, -0.2) is 17.7 Å². The van der Waals surface area contributed by atoms with E-state index in [1.807, 2.05) is 0 Å². The van der Waals surface area contributed by atoms with Gasteiger partial charge < -0.3 is 5.32 Å². The summed E-state index contributed by atoms with van der Waals surface area (Å²) in [4.78, 5) is 35.4. The number of hydrogen-bond acceptors (Lipinski definition) is 3. The third-order valence-corrected chi connectivity index (χ3v) is 5.56. The molecule has 156 valence electrons. The molecule has 4 rings (SSSR count). The Balaban J connectivity index is 1.31. The van der Waals surface area contributed by atoms with E-state index in [9.17, 15) is 27.6 Å². The standard InChI is InChI=1S/C22H19F3N2O3/c23-22(24,25)15-5-3-13(4-6-15)17-11-18(17)21(30)26-16-7-1-12(2-8-16)9-14-10-19(28)27-20(14)29/h1-8,14,17-18H,9-11H2,(H,26,30)(H,27,28,29). The summed E-state index contributed by atoms with van der Waals surface area (Å²) >= 11 is 0. The van der Waals surface area contributed by atoms with E-state index in [4.69, 9.17) is 0 Å². The van der Waals surface area contributed by atoms with Gasteiger partial charge in [-0.2, -0.15) is 13.2 Å². The third-order valence-electron chi connectivity index (χ3n) is 5.56. The Hall–Kier alpha value is -3.16. The van der Waals surface area contributed by atoms with Crippen molar-refractivity contribution in [3.05, 3.63) is 65.2 Å². The SMILES string of the molecule is O=C1CC(Cc2ccc(NC(=O)C3CC3c3ccc(C(F)(F)F)cc3)cc2)C(=O)N1. The molecule has 3 atom stereocenters. The fraction of sp³-hybridized carbons (Fsp3) is 0.318. The molecule has 8 heteroatoms. The van der Waals surface area contributed by atoms with Gasteiger partial charge in [-0.1, -0.05) is 24.3 Å². The summed E-state index contributed by atoms with van der Waals surface area (Å²) in [5.41, 5.74) is 1.51. The first-order valence-electron chi connectivity index (χ1n) is 9.61. The predicted octanol–water partition coefficient (Wildman–Crippen LogP) is 3.65. The molecule has 1 saturated heterocycles. The molecule has 5 nitrogen and oxygen atoms in total. The molecule has 0 aromatic heterocycles. The number of benzene rings is 2. The summed E-state index contributed by atoms with van der Waals surface area (Å²) in [7, 11) is 0. The molecule has 2 N–H and O–H groups in total. The highest BCUT2D eigenvalue weighted by molar-refractivity contribution is 6.03. The van der Waals surface area contributed by atoms with Gasteiger partial charge in [0.15, 0.2) is 0 Å². The lowest BCUT2D eigenvalue weighted by Crippen LogP contribution is -2.22. The van der Waals surface area contributed by atoms with Crippen molar-refractivity contribution >= 4 is 23.4 Å². The van der Waals surface area contributed by atoms with Crippen LogP contribution in [0.25, 0.3) is 0 Å². The topological polar surface area (TPSA) is 75.3 Å². The van der Waals surface area contributed by atoms with Crippen LogP contribution in [0.2, 0.25) is 0 Å². The molecule has 2 aromatic carbocycles. The van der Waals surface area contributed by atoms with Crippen molar-refractivity contribution in [1.29, 1.82) is 0 Å². The van der Waals surface area contributed by atoms with Gasteiger partial charge in [-0.15, -0.1) is 0 Å². The molecule has 0 spiro atoms. The molecule has 1 aliphatic carbocycles. The third kappa shape index (κ3) is 4.37. The zero-order valence-corrected chi connectivity index (χ0v) is 15.8. The first-order chi connectivity index (χ1) is 14.2. The summed E-state index contributed by atoms with van der Waals surface area (Å²) in [5.74, 6) is -1.41. The molecular weight excluding hydrogens is 397 g/mol. The van der Waals surface area contributed by atoms with Crippen molar-refractivity contribution in [2.24, 2.45) is 11.8 Å². The minimum atomic E-state index is -4.37. The molecular formula is C22H19F3N2O3. The highest BCUT2D eigenvalue weighted by Crippen LogP contribution is 2.48. The van der Waals surface area contributed by atoms with Gasteiger partial charge >= 0.3 is 6.18 Å². The number of hydrogen-bond donors (Lipinski definition) is 2. The molecule has 1 aliphatic heterocycles. The summed E-state index contributed by atoms with van der Waals surface area (Å²) in [6.45, 7) is 0. The predicted molar refractivity (Wildman–Crippen MR) is 102 cm³/mol. The Kier molecular flexibility index (Phi) is 5.09. The van der Waals surface area contributed by atoms with Crippen molar-refractivity contribution in [3.8, 4) is 0 Å². The Labute approximate surface area is 170 Å². The zero-order chi connectivity index (χ0) is 21.5. The second-order valence-corrected chi connectivity index (χ2v) is 7.77. The van der Waals surface area contributed by atoms with Crippen LogP contribution in [0.4, 0.5) is 18.9 Å². The van der Waals surface area contributed by atoms with Crippen LogP contribution in [-0.2, 0) is 27.0 Å². The van der Waals surface area contributed by atoms with E-state index in [0.29, 0.717) is 18.5 Å². The second kappa shape index (κ2) is 7.59. The van der Waals surface area contributed by atoms with E-state index in [2.05, 4.69) is 10.6 Å². The zero-order valence-electron chi connectivity index (χ0n) is 15.8. The van der Waals surface area contributed by atoms with Crippen molar-refractivity contribution in [2.45, 2.75) is 31.4 Å². The van der Waals surface area contributed by atoms with E-state index in [1.54, 1.807) is 24.3 Å². The lowest BCUT2D eigenvalue weighted by Gasteiger charge is -2.09. The highest BCUT2D eigenvalue weighted by atomic mass is 19.4. The van der Waals surface area contributed by atoms with E-state index in [-0.39, 0.29) is 41.9 Å². The molecule has 2 aromatic rings. The van der Waals surface area contributed by atoms with Crippen LogP contribution in [0.15, 0.2) is 48.5 Å². The first kappa shape index (κ1) is 20.1. The Bertz CT molecular complexity index is 984. The number of carbonyl (C=O) groups excluding carboxylic acids is 3. The molecule has 0 bridgehead atoms. The van der Waals surface area contributed by atoms with Crippen LogP contribution in [0.1, 0.15) is 35.4 Å². The van der Waals surface area contributed by atoms with Gasteiger partial charge in [0.05, 0.1) is 11.5 Å². The van der Waals surface area contributed by atoms with Crippen LogP contribution in [0.5, 0.6) is 0 Å². The minimum Gasteiger partial charge on any atom is -0.326 e. The molecule has 2 fully saturated rings. The van der Waals surface area contributed by atoms with Crippen LogP contribution >= 0.6 is 0 Å². The fourth-order valence-corrected chi connectivity index (χ4v) is 3.79. The maximum atomic E-state index is 12.7. The van der Waals surface area contributed by atoms with E-state index < -0.39 is 11.7 Å². The van der Waals surface area contributed by atoms with Crippen molar-refractivity contribution in [1.82, 2.24) is 5.32 Å². The fourth-order valence-electron chi connectivity index (χ4n) is 3.79. The summed E-state index contributed by atoms with van der Waals surface area (Å²) in [5, 5.41) is 5.11. The van der Waals surface area contributed by atoms with Gasteiger partial charge in [-0.25, -0.2) is 0 Å². The number of nitrogens with one attached hydrogen (secondary N) is 2. The normalized spacial score (nSPS) is 23.2. The van der Waals surface area contributed by atoms with Crippen LogP contribution < -0.4 is 10.6 Å². The molecule has 0 radical (unpaired) electrons. The van der Waals surface area contributed by atoms with Crippen molar-refractivity contribution in [3.63, 3.8) is 0 Å². The number of halogens is 3. The van der Waals surface area contributed by atoms with Gasteiger partial charge in [0.25, 0.3) is 0 Å². The smallest absolute Gasteiger partial charge is 0.326 e. The summed E-state index contributed by atoms with van der Waals surface area (Å²) in [6, 6.07) is 12.0. The molecule has 3 unspecified atom stereocenters. The van der Waals surface area contributed by atoms with Crippen molar-refractivity contribution < 1.29 is 27.6 Å². The van der Waals surface area contributed by atoms with Crippen molar-refractivity contribution in [2.75, 3.05) is 5.32 Å². The highest BCUT2D eigenvalue weighted by Gasteiger charge is 2.44. The summed E-state index contributed by atoms with van der Waals surface area (Å²) < 4.78 is 38.0. The van der Waals surface area contributed by atoms with Crippen LogP contribution in [0, 0.1) is 11.8 Å². The maximum absolute atomic E-state index is 12.7. The largest absolute Gasteiger partial charge is 0.416 e. The molecule has 30 heavy (non-hydrogen) atoms. The Morgan fingerprint density at radius 2 is 1.70 bits per heavy atom. The molecule has 1 heterocycles. The minimum absolute atomic E-state index is 0.0787. The number of carbonyl (C=O) groups is 3. The van der Waals surface area contributed by atoms with E-state index >= 15 is 0 Å². The Morgan fingerprint density at radius 3 is 2.27 bits per heavy atom. The maximum Gasteiger partial charge on any atom is 0.416 e. The molecule has 1 saturated carbocycles. The number of anilines is 1. The first-order valence-corrected chi connectivity index (χ1v) is 9.61. The molecule has 2 aliphatic rings. The van der Waals surface area contributed by atoms with Gasteiger partial charge in [0.2, 0.25) is 17.7 Å². The van der Waals surface area contributed by atoms with Gasteiger partial charge in [0.1, 0.15) is 0 Å². The second-order valence-electron chi connectivity index (χ2n) is 7.77. The lowest BCUT2D eigenvalue weighted by molar-refractivity contribution is -0.137. The van der Waals surface area contributed by atoms with E-state index in [1.165, 1.54) is 12.1 Å². The molecule has 3 amide bonds. The van der Waals surface area contributed by atoms with Crippen LogP contribution in [0.3, 0.4) is 0 Å².